The van der Waals surface area contributed by atoms with Crippen LogP contribution in [0, 0.1) is 18.6 Å². The molecule has 166 valence electrons. The van der Waals surface area contributed by atoms with Gasteiger partial charge in [-0.3, -0.25) is 0 Å². The lowest BCUT2D eigenvalue weighted by atomic mass is 9.99. The molecule has 0 saturated carbocycles. The van der Waals surface area contributed by atoms with E-state index < -0.39 is 27.7 Å². The zero-order valence-electron chi connectivity index (χ0n) is 17.2. The number of para-hydroxylation sites is 1. The first-order valence-corrected chi connectivity index (χ1v) is 11.4. The summed E-state index contributed by atoms with van der Waals surface area (Å²) in [5, 5.41) is 5.17. The number of fused-ring (bicyclic) bond motifs is 1. The summed E-state index contributed by atoms with van der Waals surface area (Å²) < 4.78 is 55.0. The lowest BCUT2D eigenvalue weighted by Gasteiger charge is -2.29. The highest BCUT2D eigenvalue weighted by molar-refractivity contribution is 7.89. The van der Waals surface area contributed by atoms with Gasteiger partial charge in [0.2, 0.25) is 10.0 Å². The highest BCUT2D eigenvalue weighted by atomic mass is 32.2. The van der Waals surface area contributed by atoms with E-state index >= 15 is 0 Å². The van der Waals surface area contributed by atoms with Gasteiger partial charge in [-0.25, -0.2) is 22.0 Å². The Hall–Kier alpha value is -3.30. The van der Waals surface area contributed by atoms with Crippen LogP contribution in [0.25, 0.3) is 0 Å². The van der Waals surface area contributed by atoms with Crippen LogP contribution in [-0.2, 0) is 23.0 Å². The van der Waals surface area contributed by atoms with Gasteiger partial charge < -0.3 is 10.6 Å². The Kier molecular flexibility index (Phi) is 5.94. The number of hydrogen-bond acceptors (Lipinski definition) is 3. The van der Waals surface area contributed by atoms with Crippen LogP contribution in [0.5, 0.6) is 0 Å². The molecular formula is C23H21F2N3O3S. The lowest BCUT2D eigenvalue weighted by molar-refractivity contribution is 0.262. The van der Waals surface area contributed by atoms with E-state index in [9.17, 15) is 22.0 Å². The van der Waals surface area contributed by atoms with Crippen LogP contribution in [0.4, 0.5) is 25.0 Å². The molecule has 0 unspecified atom stereocenters. The van der Waals surface area contributed by atoms with Gasteiger partial charge in [-0.05, 0) is 60.4 Å². The van der Waals surface area contributed by atoms with Crippen LogP contribution < -0.4 is 10.6 Å². The van der Waals surface area contributed by atoms with Crippen molar-refractivity contribution < 1.29 is 22.0 Å². The number of anilines is 2. The smallest absolute Gasteiger partial charge is 0.307 e. The molecule has 2 amide bonds. The maximum atomic E-state index is 13.9. The predicted molar refractivity (Wildman–Crippen MR) is 118 cm³/mol. The van der Waals surface area contributed by atoms with E-state index in [0.717, 1.165) is 17.2 Å². The second-order valence-electron chi connectivity index (χ2n) is 7.50. The minimum absolute atomic E-state index is 0.0531. The minimum atomic E-state index is -3.87. The van der Waals surface area contributed by atoms with Crippen molar-refractivity contribution in [3.63, 3.8) is 0 Å². The van der Waals surface area contributed by atoms with E-state index in [1.807, 2.05) is 0 Å². The SMILES string of the molecule is Cc1ccc(S(=O)(=O)N2CCc3c(cccc3NC(=O)Nc3ccccc3F)C2)cc1F. The molecule has 1 aliphatic rings. The van der Waals surface area contributed by atoms with Gasteiger partial charge in [-0.2, -0.15) is 4.31 Å². The third kappa shape index (κ3) is 4.35. The van der Waals surface area contributed by atoms with Crippen LogP contribution in [0.3, 0.4) is 0 Å². The van der Waals surface area contributed by atoms with Crippen molar-refractivity contribution in [1.29, 1.82) is 0 Å². The quantitative estimate of drug-likeness (QED) is 0.598. The molecule has 0 spiro atoms. The first-order valence-electron chi connectivity index (χ1n) is 9.95. The number of carbonyl (C=O) groups excluding carboxylic acids is 1. The number of sulfonamides is 1. The summed E-state index contributed by atoms with van der Waals surface area (Å²) in [4.78, 5) is 12.3. The maximum absolute atomic E-state index is 13.9. The molecule has 3 aromatic carbocycles. The summed E-state index contributed by atoms with van der Waals surface area (Å²) in [5.74, 6) is -1.12. The van der Waals surface area contributed by atoms with Gasteiger partial charge in [0.25, 0.3) is 0 Å². The van der Waals surface area contributed by atoms with E-state index in [2.05, 4.69) is 10.6 Å². The van der Waals surface area contributed by atoms with E-state index in [1.165, 1.54) is 34.6 Å². The van der Waals surface area contributed by atoms with Crippen LogP contribution >= 0.6 is 0 Å². The average Bonchev–Trinajstić information content (AvgIpc) is 2.77. The molecule has 0 radical (unpaired) electrons. The van der Waals surface area contributed by atoms with Gasteiger partial charge in [0.05, 0.1) is 10.6 Å². The second-order valence-corrected chi connectivity index (χ2v) is 9.44. The topological polar surface area (TPSA) is 78.5 Å². The Labute approximate surface area is 184 Å². The van der Waals surface area contributed by atoms with Crippen molar-refractivity contribution in [3.05, 3.63) is 89.0 Å². The Morgan fingerprint density at radius 2 is 1.66 bits per heavy atom. The maximum Gasteiger partial charge on any atom is 0.323 e. The standard InChI is InChI=1S/C23H21F2N3O3S/c1-15-9-10-17(13-20(15)25)32(30,31)28-12-11-18-16(14-28)5-4-8-21(18)26-23(29)27-22-7-3-2-6-19(22)24/h2-10,13H,11-12,14H2,1H3,(H2,26,27,29). The first-order chi connectivity index (χ1) is 15.3. The molecule has 0 fully saturated rings. The number of benzene rings is 3. The third-order valence-electron chi connectivity index (χ3n) is 5.38. The Morgan fingerprint density at radius 1 is 0.938 bits per heavy atom. The number of nitrogens with zero attached hydrogens (tertiary/aromatic N) is 1. The average molecular weight is 458 g/mol. The van der Waals surface area contributed by atoms with Crippen LogP contribution in [-0.4, -0.2) is 25.3 Å². The van der Waals surface area contributed by atoms with Gasteiger partial charge in [0.1, 0.15) is 11.6 Å². The fourth-order valence-corrected chi connectivity index (χ4v) is 5.06. The molecule has 32 heavy (non-hydrogen) atoms. The highest BCUT2D eigenvalue weighted by Gasteiger charge is 2.30. The molecule has 1 aliphatic heterocycles. The Bertz CT molecular complexity index is 1300. The van der Waals surface area contributed by atoms with Crippen molar-refractivity contribution in [3.8, 4) is 0 Å². The summed E-state index contributed by atoms with van der Waals surface area (Å²) in [6, 6.07) is 14.3. The Balaban J connectivity index is 1.53. The fourth-order valence-electron chi connectivity index (χ4n) is 3.63. The number of amides is 2. The third-order valence-corrected chi connectivity index (χ3v) is 7.22. The van der Waals surface area contributed by atoms with Crippen molar-refractivity contribution in [1.82, 2.24) is 4.31 Å². The lowest BCUT2D eigenvalue weighted by Crippen LogP contribution is -2.36. The number of nitrogens with one attached hydrogen (secondary N) is 2. The summed E-state index contributed by atoms with van der Waals surface area (Å²) in [6.45, 7) is 1.84. The van der Waals surface area contributed by atoms with E-state index in [0.29, 0.717) is 17.7 Å². The summed E-state index contributed by atoms with van der Waals surface area (Å²) in [6.07, 6.45) is 0.360. The number of hydrogen-bond donors (Lipinski definition) is 2. The summed E-state index contributed by atoms with van der Waals surface area (Å²) in [5.41, 5.74) is 2.48. The monoisotopic (exact) mass is 457 g/mol. The number of aryl methyl sites for hydroxylation is 1. The molecule has 0 bridgehead atoms. The molecule has 3 aromatic rings. The normalized spacial score (nSPS) is 14.0. The summed E-state index contributed by atoms with van der Waals surface area (Å²) in [7, 11) is -3.87. The summed E-state index contributed by atoms with van der Waals surface area (Å²) >= 11 is 0. The van der Waals surface area contributed by atoms with Crippen LogP contribution in [0.15, 0.2) is 65.6 Å². The second kappa shape index (κ2) is 8.68. The molecule has 4 rings (SSSR count). The van der Waals surface area contributed by atoms with Crippen molar-refractivity contribution in [2.24, 2.45) is 0 Å². The predicted octanol–water partition coefficient (Wildman–Crippen LogP) is 4.66. The number of carbonyl (C=O) groups is 1. The zero-order valence-corrected chi connectivity index (χ0v) is 18.0. The van der Waals surface area contributed by atoms with E-state index in [1.54, 1.807) is 31.2 Å². The molecule has 1 heterocycles. The van der Waals surface area contributed by atoms with Crippen molar-refractivity contribution in [2.45, 2.75) is 24.8 Å². The molecule has 9 heteroatoms. The molecule has 6 nitrogen and oxygen atoms in total. The molecule has 2 N–H and O–H groups in total. The minimum Gasteiger partial charge on any atom is -0.307 e. The number of rotatable bonds is 4. The van der Waals surface area contributed by atoms with Crippen molar-refractivity contribution >= 4 is 27.4 Å². The van der Waals surface area contributed by atoms with E-state index in [4.69, 9.17) is 0 Å². The molecule has 0 atom stereocenters. The van der Waals surface area contributed by atoms with Gasteiger partial charge >= 0.3 is 6.03 Å². The van der Waals surface area contributed by atoms with Gasteiger partial charge in [0.15, 0.2) is 0 Å². The molecular weight excluding hydrogens is 436 g/mol. The zero-order chi connectivity index (χ0) is 22.9. The van der Waals surface area contributed by atoms with Crippen LogP contribution in [0.2, 0.25) is 0 Å². The number of urea groups is 1. The number of halogens is 2. The molecule has 0 saturated heterocycles. The molecule has 0 aromatic heterocycles. The first kappa shape index (κ1) is 21.9. The fraction of sp³-hybridized carbons (Fsp3) is 0.174. The van der Waals surface area contributed by atoms with E-state index in [-0.39, 0.29) is 23.7 Å². The van der Waals surface area contributed by atoms with Gasteiger partial charge in [-0.15, -0.1) is 0 Å². The van der Waals surface area contributed by atoms with Crippen LogP contribution in [0.1, 0.15) is 16.7 Å². The molecule has 0 aliphatic carbocycles. The van der Waals surface area contributed by atoms with Crippen molar-refractivity contribution in [2.75, 3.05) is 17.2 Å². The highest BCUT2D eigenvalue weighted by Crippen LogP contribution is 2.30. The van der Waals surface area contributed by atoms with Gasteiger partial charge in [0, 0.05) is 18.8 Å². The largest absolute Gasteiger partial charge is 0.323 e. The van der Waals surface area contributed by atoms with Gasteiger partial charge in [-0.1, -0.05) is 30.3 Å². The Morgan fingerprint density at radius 3 is 2.41 bits per heavy atom.